The van der Waals surface area contributed by atoms with Crippen LogP contribution in [0.4, 0.5) is 0 Å². The summed E-state index contributed by atoms with van der Waals surface area (Å²) in [5, 5.41) is 48.1. The number of pyridine rings is 1. The number of nitrogens with one attached hydrogen (secondary N) is 3. The van der Waals surface area contributed by atoms with Crippen molar-refractivity contribution in [2.24, 2.45) is 0 Å². The zero-order chi connectivity index (χ0) is 69.1. The molecule has 0 radical (unpaired) electrons. The summed E-state index contributed by atoms with van der Waals surface area (Å²) in [6.07, 6.45) is 0. The molecule has 25 aromatic rings. The second-order valence-electron chi connectivity index (χ2n) is 29.9. The highest BCUT2D eigenvalue weighted by molar-refractivity contribution is 6.53. The average Bonchev–Trinajstić information content (AvgIpc) is 0.953. The summed E-state index contributed by atoms with van der Waals surface area (Å²) in [4.78, 5) is 104. The highest BCUT2D eigenvalue weighted by Crippen LogP contribution is 2.59. The fraction of sp³-hybridized carbons (Fsp3) is 0. The molecule has 0 atom stereocenters. The maximum Gasteiger partial charge on any atom is 0.264 e. The van der Waals surface area contributed by atoms with E-state index in [2.05, 4.69) is 137 Å². The lowest BCUT2D eigenvalue weighted by Crippen LogP contribution is -2.34. The summed E-state index contributed by atoms with van der Waals surface area (Å²) in [5.74, 6) is -2.63. The summed E-state index contributed by atoms with van der Waals surface area (Å²) in [6.45, 7) is 0. The molecule has 480 valence electrons. The van der Waals surface area contributed by atoms with E-state index in [0.717, 1.165) is 227 Å². The van der Waals surface area contributed by atoms with Crippen LogP contribution in [0.2, 0.25) is 0 Å². The molecule has 12 nitrogen and oxygen atoms in total. The summed E-state index contributed by atoms with van der Waals surface area (Å²) in [6, 6.07) is 71.7. The second-order valence-corrected chi connectivity index (χ2v) is 29.9. The first-order valence-corrected chi connectivity index (χ1v) is 35.5. The number of carbonyl (C=O) groups is 6. The van der Waals surface area contributed by atoms with Gasteiger partial charge in [0, 0.05) is 65.7 Å². The molecule has 12 heteroatoms. The Balaban J connectivity index is 0.851. The van der Waals surface area contributed by atoms with Crippen LogP contribution >= 0.6 is 0 Å². The Morgan fingerprint density at radius 1 is 0.198 bits per heavy atom. The van der Waals surface area contributed by atoms with Gasteiger partial charge in [-0.2, -0.15) is 0 Å². The van der Waals surface area contributed by atoms with Crippen molar-refractivity contribution in [3.63, 3.8) is 0 Å². The third kappa shape index (κ3) is 5.56. The number of aromatic nitrogens is 2. The fourth-order valence-electron chi connectivity index (χ4n) is 21.7. The molecule has 0 unspecified atom stereocenters. The van der Waals surface area contributed by atoms with E-state index in [4.69, 9.17) is 4.98 Å². The molecule has 3 N–H and O–H groups in total. The van der Waals surface area contributed by atoms with Gasteiger partial charge < -0.3 is 0 Å². The van der Waals surface area contributed by atoms with Gasteiger partial charge in [0.25, 0.3) is 41.0 Å². The molecule has 2 aromatic heterocycles. The van der Waals surface area contributed by atoms with Crippen LogP contribution in [0, 0.1) is 0 Å². The van der Waals surface area contributed by atoms with Crippen LogP contribution in [0.1, 0.15) is 62.1 Å². The second kappa shape index (κ2) is 17.0. The lowest BCUT2D eigenvalue weighted by Gasteiger charge is -2.27. The lowest BCUT2D eigenvalue weighted by atomic mass is 9.76. The normalized spacial score (nSPS) is 14.6. The van der Waals surface area contributed by atoms with Gasteiger partial charge in [0.15, 0.2) is 0 Å². The van der Waals surface area contributed by atoms with Crippen LogP contribution in [0.3, 0.4) is 0 Å². The van der Waals surface area contributed by atoms with E-state index >= 15 is 0 Å². The molecule has 0 bridgehead atoms. The van der Waals surface area contributed by atoms with Gasteiger partial charge in [-0.05, 0) is 278 Å². The van der Waals surface area contributed by atoms with Crippen molar-refractivity contribution in [1.82, 2.24) is 25.3 Å². The van der Waals surface area contributed by atoms with Gasteiger partial charge in [-0.25, -0.2) is 4.98 Å². The summed E-state index contributed by atoms with van der Waals surface area (Å²) in [7, 11) is 0. The van der Waals surface area contributed by atoms with Crippen molar-refractivity contribution in [3.05, 3.63) is 250 Å². The van der Waals surface area contributed by atoms with Gasteiger partial charge in [0.1, 0.15) is 5.65 Å². The van der Waals surface area contributed by atoms with Crippen molar-refractivity contribution in [2.75, 3.05) is 0 Å². The Bertz CT molecular complexity index is 8890. The molecule has 0 spiro atoms. The molecular formula is C94H37N5O7. The number of nitrogens with zero attached hydrogens (tertiary/aromatic N) is 2. The van der Waals surface area contributed by atoms with Crippen LogP contribution in [0.25, 0.3) is 254 Å². The standard InChI is InChI=1S/C94H37N5O7/c100-88-56-26-17-41-37-7-8-47-49-12-10-46-43-19-28-58-83-59(91(103)97-90(58)102)30-21-52(74(43)83)64-34-65(79(85(49)78(46)64)53-23-15-39(70(37)75(47)53)42-18-27-57(89(101)96-88)82(56)72(41)42)66-33-63-51-14-11-36-44-22-32-62-81-55(87-95-67-3-1-2-4-68(67)99(87)94(62)106)25-16-40(71(44)81)35-5-6-38(73(51)69(35)36)45-9-13-50-48-20-29-60-84-61(93(105)98-92(60)104)31-24-54(76(48)84)80(66)86(50)77(45)63/h1-34H,(H,96,100,101)(H,97,102,103)(H,98,104,105). The minimum atomic E-state index is -0.451. The Labute approximate surface area is 590 Å². The Hall–Kier alpha value is -14.6. The van der Waals surface area contributed by atoms with Crippen molar-refractivity contribution in [2.45, 2.75) is 0 Å². The highest BCUT2D eigenvalue weighted by Gasteiger charge is 2.36. The van der Waals surface area contributed by atoms with E-state index in [1.807, 2.05) is 84.9 Å². The minimum Gasteiger partial charge on any atom is -0.288 e. The molecule has 0 aliphatic carbocycles. The zero-order valence-corrected chi connectivity index (χ0v) is 54.9. The average molecular weight is 1350 g/mol. The van der Waals surface area contributed by atoms with E-state index in [9.17, 15) is 33.6 Å². The van der Waals surface area contributed by atoms with E-state index in [1.54, 1.807) is 4.40 Å². The topological polar surface area (TPSA) is 173 Å². The number of rotatable bonds is 1. The van der Waals surface area contributed by atoms with Gasteiger partial charge in [-0.3, -0.25) is 53.9 Å². The van der Waals surface area contributed by atoms with Gasteiger partial charge in [0.2, 0.25) is 0 Å². The SMILES string of the molecule is O=C1NC(=O)c2ccc3c4ccc5c6c(-c7cc8c9ccc%10c%11ccc%12c(=O)n%13c%14ccccc%14nc%13c%13ccc(c%14ccc(c%15ccc%16c%17ccc%18c%19c(ccc(c7c%16c%158)c%19%17)C(=O)NC%18=O)c9c%14%10)c%11c%12%13)cc7c8ccc9c%10c(ccc(c%11ccc(c%12ccc(c%13ccc1c2c%133)c4c%125)c6c%117)c%108)C(=O)NC9=O. The van der Waals surface area contributed by atoms with Gasteiger partial charge >= 0.3 is 0 Å². The van der Waals surface area contributed by atoms with Crippen molar-refractivity contribution >= 4 is 278 Å². The van der Waals surface area contributed by atoms with E-state index in [-0.39, 0.29) is 5.56 Å². The van der Waals surface area contributed by atoms with Crippen LogP contribution in [-0.2, 0) is 0 Å². The fourth-order valence-corrected chi connectivity index (χ4v) is 21.7. The van der Waals surface area contributed by atoms with E-state index in [1.165, 1.54) is 0 Å². The number of imidazole rings is 1. The molecule has 3 aliphatic rings. The molecule has 106 heavy (non-hydrogen) atoms. The van der Waals surface area contributed by atoms with Crippen molar-refractivity contribution < 1.29 is 28.8 Å². The maximum atomic E-state index is 14.9. The smallest absolute Gasteiger partial charge is 0.264 e. The highest BCUT2D eigenvalue weighted by atomic mass is 16.2. The third-order valence-corrected chi connectivity index (χ3v) is 25.6. The number of carbonyl (C=O) groups excluding carboxylic acids is 6. The monoisotopic (exact) mass is 1350 g/mol. The van der Waals surface area contributed by atoms with Crippen LogP contribution in [-0.4, -0.2) is 44.8 Å². The maximum absolute atomic E-state index is 14.9. The van der Waals surface area contributed by atoms with Gasteiger partial charge in [0.05, 0.1) is 11.0 Å². The number of amides is 6. The summed E-state index contributed by atoms with van der Waals surface area (Å²) < 4.78 is 1.76. The number of benzene rings is 23. The zero-order valence-electron chi connectivity index (χ0n) is 54.9. The molecular weight excluding hydrogens is 1310 g/mol. The van der Waals surface area contributed by atoms with Crippen LogP contribution in [0.15, 0.2) is 211 Å². The Morgan fingerprint density at radius 2 is 0.434 bits per heavy atom. The largest absolute Gasteiger partial charge is 0.288 e. The number of imide groups is 3. The molecule has 28 rings (SSSR count). The Kier molecular flexibility index (Phi) is 8.52. The molecule has 6 amide bonds. The molecule has 0 saturated heterocycles. The lowest BCUT2D eigenvalue weighted by molar-refractivity contribution is 0.0828. The molecule has 3 aliphatic heterocycles. The first-order chi connectivity index (χ1) is 52.0. The number of hydrogen-bond acceptors (Lipinski definition) is 8. The predicted molar refractivity (Wildman–Crippen MR) is 426 cm³/mol. The number of para-hydroxylation sites is 2. The number of fused-ring (bicyclic) bond motifs is 16. The molecule has 23 aromatic carbocycles. The van der Waals surface area contributed by atoms with Gasteiger partial charge in [-0.15, -0.1) is 0 Å². The number of hydrogen-bond donors (Lipinski definition) is 3. The van der Waals surface area contributed by atoms with Crippen molar-refractivity contribution in [1.29, 1.82) is 0 Å². The van der Waals surface area contributed by atoms with Gasteiger partial charge in [-0.1, -0.05) is 133 Å². The summed E-state index contributed by atoms with van der Waals surface area (Å²) >= 11 is 0. The van der Waals surface area contributed by atoms with E-state index < -0.39 is 35.4 Å². The summed E-state index contributed by atoms with van der Waals surface area (Å²) in [5.41, 5.74) is 6.57. The molecule has 0 saturated carbocycles. The molecule has 0 fully saturated rings. The third-order valence-electron chi connectivity index (χ3n) is 25.6. The van der Waals surface area contributed by atoms with E-state index in [0.29, 0.717) is 60.6 Å². The minimum absolute atomic E-state index is 0.101. The van der Waals surface area contributed by atoms with Crippen LogP contribution < -0.4 is 21.5 Å². The quantitative estimate of drug-likeness (QED) is 0.0827. The predicted octanol–water partition coefficient (Wildman–Crippen LogP) is 20.4. The van der Waals surface area contributed by atoms with Crippen molar-refractivity contribution in [3.8, 4) is 11.1 Å². The van der Waals surface area contributed by atoms with Crippen LogP contribution in [0.5, 0.6) is 0 Å². The Morgan fingerprint density at radius 3 is 0.792 bits per heavy atom. The molecule has 5 heterocycles. The first-order valence-electron chi connectivity index (χ1n) is 35.5. The first kappa shape index (κ1) is 53.3.